The minimum Gasteiger partial charge on any atom is -0.393 e. The molecule has 0 heterocycles. The van der Waals surface area contributed by atoms with Gasteiger partial charge in [0.25, 0.3) is 0 Å². The van der Waals surface area contributed by atoms with E-state index in [4.69, 9.17) is 0 Å². The van der Waals surface area contributed by atoms with Crippen LogP contribution in [0.5, 0.6) is 0 Å². The molecular weight excluding hydrogens is 528 g/mol. The molecule has 41 heavy (non-hydrogen) atoms. The summed E-state index contributed by atoms with van der Waals surface area (Å²) in [6.45, 7) is 7.06. The Hall–Kier alpha value is -1.17. The second-order valence-electron chi connectivity index (χ2n) is 16.0. The zero-order valence-electron chi connectivity index (χ0n) is 25.7. The third-order valence-corrected chi connectivity index (χ3v) is 15.3. The van der Waals surface area contributed by atoms with E-state index in [-0.39, 0.29) is 16.9 Å². The van der Waals surface area contributed by atoms with Crippen molar-refractivity contribution in [3.05, 3.63) is 42.0 Å². The first-order valence-electron chi connectivity index (χ1n) is 16.8. The Kier molecular flexibility index (Phi) is 8.07. The lowest BCUT2D eigenvalue weighted by atomic mass is 9.51. The van der Waals surface area contributed by atoms with Crippen molar-refractivity contribution >= 4 is 9.84 Å². The van der Waals surface area contributed by atoms with Gasteiger partial charge in [-0.3, -0.25) is 0 Å². The van der Waals surface area contributed by atoms with Gasteiger partial charge in [0, 0.05) is 0 Å². The van der Waals surface area contributed by atoms with Crippen LogP contribution in [0.4, 0.5) is 0 Å². The van der Waals surface area contributed by atoms with Gasteiger partial charge >= 0.3 is 0 Å². The monoisotopic (exact) mass is 582 g/mol. The second kappa shape index (κ2) is 11.1. The van der Waals surface area contributed by atoms with Gasteiger partial charge in [0.05, 0.1) is 21.9 Å². The predicted octanol–water partition coefficient (Wildman–Crippen LogP) is 7.88. The molecule has 0 amide bonds. The number of allylic oxidation sites excluding steroid dienone is 1. The molecule has 4 saturated carbocycles. The van der Waals surface area contributed by atoms with Crippen LogP contribution >= 0.6 is 0 Å². The molecule has 1 aromatic carbocycles. The molecule has 4 fully saturated rings. The van der Waals surface area contributed by atoms with E-state index in [0.717, 1.165) is 56.3 Å². The molecule has 5 heteroatoms. The smallest absolute Gasteiger partial charge is 0.181 e. The highest BCUT2D eigenvalue weighted by atomic mass is 32.2. The van der Waals surface area contributed by atoms with Crippen molar-refractivity contribution in [1.82, 2.24) is 0 Å². The summed E-state index contributed by atoms with van der Waals surface area (Å²) < 4.78 is 28.1. The lowest BCUT2D eigenvalue weighted by Crippen LogP contribution is -2.46. The van der Waals surface area contributed by atoms with Crippen LogP contribution in [0.2, 0.25) is 0 Å². The Morgan fingerprint density at radius 2 is 1.63 bits per heavy atom. The Balaban J connectivity index is 1.18. The van der Waals surface area contributed by atoms with Crippen LogP contribution in [0, 0.1) is 40.4 Å². The molecule has 1 aromatic rings. The largest absolute Gasteiger partial charge is 0.393 e. The summed E-state index contributed by atoms with van der Waals surface area (Å²) in [6.07, 6.45) is 16.8. The molecule has 0 bridgehead atoms. The van der Waals surface area contributed by atoms with Gasteiger partial charge in [0.2, 0.25) is 0 Å². The molecule has 0 aliphatic heterocycles. The average molecular weight is 583 g/mol. The topological polar surface area (TPSA) is 74.6 Å². The minimum absolute atomic E-state index is 0.142. The van der Waals surface area contributed by atoms with Gasteiger partial charge < -0.3 is 10.2 Å². The molecular formula is C36H54O4S. The summed E-state index contributed by atoms with van der Waals surface area (Å²) in [7, 11) is -3.53. The van der Waals surface area contributed by atoms with Crippen molar-refractivity contribution in [2.75, 3.05) is 0 Å². The molecule has 5 aliphatic carbocycles. The molecule has 2 N–H and O–H groups in total. The Bertz CT molecular complexity index is 1210. The lowest BCUT2D eigenvalue weighted by molar-refractivity contribution is -0.0348. The zero-order valence-corrected chi connectivity index (χ0v) is 26.5. The maximum absolute atomic E-state index is 14.1. The van der Waals surface area contributed by atoms with Crippen LogP contribution < -0.4 is 0 Å². The van der Waals surface area contributed by atoms with Crippen molar-refractivity contribution in [1.29, 1.82) is 0 Å². The van der Waals surface area contributed by atoms with Gasteiger partial charge in [0.15, 0.2) is 9.84 Å². The molecule has 8 atom stereocenters. The third kappa shape index (κ3) is 5.74. The van der Waals surface area contributed by atoms with Crippen LogP contribution in [0.25, 0.3) is 0 Å². The van der Waals surface area contributed by atoms with E-state index in [1.807, 2.05) is 18.2 Å². The summed E-state index contributed by atoms with van der Waals surface area (Å²) in [5.74, 6) is 3.49. The highest BCUT2D eigenvalue weighted by Crippen LogP contribution is 2.64. The molecule has 0 spiro atoms. The van der Waals surface area contributed by atoms with Crippen molar-refractivity contribution in [2.45, 2.75) is 139 Å². The maximum Gasteiger partial charge on any atom is 0.181 e. The van der Waals surface area contributed by atoms with Gasteiger partial charge in [0.1, 0.15) is 0 Å². The molecule has 228 valence electrons. The van der Waals surface area contributed by atoms with Crippen molar-refractivity contribution in [3.63, 3.8) is 0 Å². The molecule has 0 saturated heterocycles. The first-order valence-corrected chi connectivity index (χ1v) is 18.3. The zero-order chi connectivity index (χ0) is 29.0. The van der Waals surface area contributed by atoms with E-state index < -0.39 is 20.7 Å². The fourth-order valence-corrected chi connectivity index (χ4v) is 12.3. The van der Waals surface area contributed by atoms with E-state index in [2.05, 4.69) is 26.8 Å². The highest BCUT2D eigenvalue weighted by molar-refractivity contribution is 7.92. The van der Waals surface area contributed by atoms with Crippen molar-refractivity contribution < 1.29 is 18.6 Å². The number of hydrogen-bond acceptors (Lipinski definition) is 4. The first-order chi connectivity index (χ1) is 19.4. The van der Waals surface area contributed by atoms with Gasteiger partial charge in [-0.05, 0) is 149 Å². The highest BCUT2D eigenvalue weighted by Gasteiger charge is 2.56. The van der Waals surface area contributed by atoms with Gasteiger partial charge in [-0.1, -0.05) is 50.6 Å². The molecule has 0 aromatic heterocycles. The lowest BCUT2D eigenvalue weighted by Gasteiger charge is -2.54. The molecule has 8 unspecified atom stereocenters. The van der Waals surface area contributed by atoms with E-state index in [9.17, 15) is 18.6 Å². The molecule has 5 aliphatic rings. The average Bonchev–Trinajstić information content (AvgIpc) is 3.29. The fourth-order valence-electron chi connectivity index (χ4n) is 10.4. The van der Waals surface area contributed by atoms with Crippen LogP contribution in [-0.2, 0) is 9.84 Å². The first kappa shape index (κ1) is 29.9. The number of benzene rings is 1. The Morgan fingerprint density at radius 3 is 2.37 bits per heavy atom. The summed E-state index contributed by atoms with van der Waals surface area (Å²) in [6, 6.07) is 8.98. The van der Waals surface area contributed by atoms with Crippen LogP contribution in [0.1, 0.15) is 117 Å². The van der Waals surface area contributed by atoms with Crippen molar-refractivity contribution in [2.24, 2.45) is 40.4 Å². The van der Waals surface area contributed by atoms with Gasteiger partial charge in [-0.2, -0.15) is 0 Å². The summed E-state index contributed by atoms with van der Waals surface area (Å²) >= 11 is 0. The fraction of sp³-hybridized carbons (Fsp3) is 0.778. The minimum atomic E-state index is -3.53. The second-order valence-corrected chi connectivity index (χ2v) is 18.2. The molecule has 4 nitrogen and oxygen atoms in total. The predicted molar refractivity (Wildman–Crippen MR) is 165 cm³/mol. The number of hydrogen-bond donors (Lipinski definition) is 2. The summed E-state index contributed by atoms with van der Waals surface area (Å²) in [5, 5.41) is 21.4. The SMILES string of the molecule is CC1(C)CCC(O)(CC(CCC2CCC3C4CC=C5CC(O)CCC5C4CCC23C)S(=O)(=O)c2ccccc2)CC1. The standard InChI is InChI=1S/C36H54O4S/c1-34(2)19-21-36(38,22-20-34)24-29(41(39,40)28-7-5-4-6-8-28)13-10-26-11-16-33-32-14-9-25-23-27(37)12-15-30(25)31(32)17-18-35(26,33)3/h4-9,26-27,29-33,37-38H,10-24H2,1-3H3. The van der Waals surface area contributed by atoms with Gasteiger partial charge in [-0.25, -0.2) is 8.42 Å². The van der Waals surface area contributed by atoms with E-state index in [1.165, 1.54) is 32.1 Å². The summed E-state index contributed by atoms with van der Waals surface area (Å²) in [5.41, 5.74) is 1.16. The number of aliphatic hydroxyl groups excluding tert-OH is 1. The van der Waals surface area contributed by atoms with Crippen molar-refractivity contribution in [3.8, 4) is 0 Å². The number of aliphatic hydroxyl groups is 2. The summed E-state index contributed by atoms with van der Waals surface area (Å²) in [4.78, 5) is 0.406. The van der Waals surface area contributed by atoms with Crippen LogP contribution in [0.3, 0.4) is 0 Å². The quantitative estimate of drug-likeness (QED) is 0.321. The Morgan fingerprint density at radius 1 is 0.902 bits per heavy atom. The Labute approximate surface area is 249 Å². The molecule has 0 radical (unpaired) electrons. The normalized spacial score (nSPS) is 38.7. The van der Waals surface area contributed by atoms with Crippen LogP contribution in [0.15, 0.2) is 46.9 Å². The third-order valence-electron chi connectivity index (χ3n) is 13.1. The van der Waals surface area contributed by atoms with E-state index in [0.29, 0.717) is 42.4 Å². The number of fused-ring (bicyclic) bond motifs is 5. The maximum atomic E-state index is 14.1. The van der Waals surface area contributed by atoms with Gasteiger partial charge in [-0.15, -0.1) is 0 Å². The molecule has 6 rings (SSSR count). The number of sulfone groups is 1. The number of rotatable bonds is 7. The van der Waals surface area contributed by atoms with E-state index >= 15 is 0 Å². The van der Waals surface area contributed by atoms with E-state index in [1.54, 1.807) is 17.7 Å². The van der Waals surface area contributed by atoms with Crippen LogP contribution in [-0.4, -0.2) is 35.6 Å².